The smallest absolute Gasteiger partial charge is 0.407 e. The van der Waals surface area contributed by atoms with E-state index in [4.69, 9.17) is 14.9 Å². The largest absolute Gasteiger partial charge is 0.449 e. The second-order valence-corrected chi connectivity index (χ2v) is 3.24. The van der Waals surface area contributed by atoms with Gasteiger partial charge in [-0.1, -0.05) is 30.3 Å². The third kappa shape index (κ3) is 5.33. The van der Waals surface area contributed by atoms with E-state index in [-0.39, 0.29) is 13.0 Å². The molecule has 0 radical (unpaired) electrons. The maximum Gasteiger partial charge on any atom is 0.407 e. The van der Waals surface area contributed by atoms with Crippen LogP contribution < -0.4 is 5.32 Å². The van der Waals surface area contributed by atoms with Crippen molar-refractivity contribution >= 4 is 6.09 Å². The number of benzene rings is 1. The third-order valence-corrected chi connectivity index (χ3v) is 1.89. The summed E-state index contributed by atoms with van der Waals surface area (Å²) in [6.07, 6.45) is -2.00. The van der Waals surface area contributed by atoms with Gasteiger partial charge >= 0.3 is 6.09 Å². The van der Waals surface area contributed by atoms with Gasteiger partial charge in [0.2, 0.25) is 0 Å². The standard InChI is InChI=1S/C11H15NO4/c13-10(14)6-7-16-11(15)12-8-9-4-2-1-3-5-9/h1-5,10,13-14H,6-8H2,(H,12,15). The lowest BCUT2D eigenvalue weighted by Crippen LogP contribution is -2.25. The monoisotopic (exact) mass is 225 g/mol. The van der Waals surface area contributed by atoms with Crippen molar-refractivity contribution in [2.45, 2.75) is 19.3 Å². The van der Waals surface area contributed by atoms with E-state index in [0.29, 0.717) is 6.54 Å². The first kappa shape index (κ1) is 12.5. The van der Waals surface area contributed by atoms with E-state index >= 15 is 0 Å². The molecule has 16 heavy (non-hydrogen) atoms. The van der Waals surface area contributed by atoms with Crippen molar-refractivity contribution in [2.24, 2.45) is 0 Å². The lowest BCUT2D eigenvalue weighted by Gasteiger charge is -2.07. The van der Waals surface area contributed by atoms with Crippen molar-refractivity contribution in [3.05, 3.63) is 35.9 Å². The van der Waals surface area contributed by atoms with Gasteiger partial charge in [0, 0.05) is 13.0 Å². The normalized spacial score (nSPS) is 10.2. The van der Waals surface area contributed by atoms with E-state index in [2.05, 4.69) is 5.32 Å². The number of hydrogen-bond acceptors (Lipinski definition) is 4. The van der Waals surface area contributed by atoms with Crippen LogP contribution in [-0.2, 0) is 11.3 Å². The fourth-order valence-electron chi connectivity index (χ4n) is 1.08. The first-order valence-electron chi connectivity index (χ1n) is 4.99. The molecule has 0 atom stereocenters. The van der Waals surface area contributed by atoms with Crippen molar-refractivity contribution in [2.75, 3.05) is 6.61 Å². The summed E-state index contributed by atoms with van der Waals surface area (Å²) in [5.74, 6) is 0. The van der Waals surface area contributed by atoms with E-state index in [1.165, 1.54) is 0 Å². The van der Waals surface area contributed by atoms with Gasteiger partial charge in [0.05, 0.1) is 6.61 Å². The van der Waals surface area contributed by atoms with Crippen LogP contribution in [-0.4, -0.2) is 29.2 Å². The molecule has 0 unspecified atom stereocenters. The zero-order valence-electron chi connectivity index (χ0n) is 8.80. The molecular weight excluding hydrogens is 210 g/mol. The number of nitrogens with one attached hydrogen (secondary N) is 1. The highest BCUT2D eigenvalue weighted by atomic mass is 16.6. The molecule has 88 valence electrons. The second kappa shape index (κ2) is 6.81. The zero-order chi connectivity index (χ0) is 11.8. The van der Waals surface area contributed by atoms with Crippen molar-refractivity contribution in [3.63, 3.8) is 0 Å². The number of carbonyl (C=O) groups excluding carboxylic acids is 1. The Morgan fingerprint density at radius 2 is 2.00 bits per heavy atom. The molecule has 3 N–H and O–H groups in total. The summed E-state index contributed by atoms with van der Waals surface area (Å²) in [5, 5.41) is 19.6. The molecule has 0 aliphatic carbocycles. The van der Waals surface area contributed by atoms with Crippen LogP contribution in [0.2, 0.25) is 0 Å². The highest BCUT2D eigenvalue weighted by Crippen LogP contribution is 1.97. The van der Waals surface area contributed by atoms with Crippen LogP contribution in [0.3, 0.4) is 0 Å². The Hall–Kier alpha value is -1.59. The maximum atomic E-state index is 11.1. The molecule has 0 saturated carbocycles. The second-order valence-electron chi connectivity index (χ2n) is 3.24. The van der Waals surface area contributed by atoms with Crippen LogP contribution >= 0.6 is 0 Å². The molecule has 0 saturated heterocycles. The van der Waals surface area contributed by atoms with Crippen LogP contribution in [0, 0.1) is 0 Å². The average Bonchev–Trinajstić information content (AvgIpc) is 2.27. The van der Waals surface area contributed by atoms with Gasteiger partial charge in [0.1, 0.15) is 0 Å². The van der Waals surface area contributed by atoms with Gasteiger partial charge in [-0.3, -0.25) is 0 Å². The Morgan fingerprint density at radius 3 is 2.62 bits per heavy atom. The Labute approximate surface area is 93.7 Å². The molecule has 0 heterocycles. The van der Waals surface area contributed by atoms with Crippen LogP contribution in [0.1, 0.15) is 12.0 Å². The van der Waals surface area contributed by atoms with E-state index in [9.17, 15) is 4.79 Å². The Morgan fingerprint density at radius 1 is 1.31 bits per heavy atom. The topological polar surface area (TPSA) is 78.8 Å². The third-order valence-electron chi connectivity index (χ3n) is 1.89. The molecule has 1 rings (SSSR count). The van der Waals surface area contributed by atoms with Crippen molar-refractivity contribution in [1.82, 2.24) is 5.32 Å². The summed E-state index contributed by atoms with van der Waals surface area (Å²) >= 11 is 0. The number of ether oxygens (including phenoxy) is 1. The van der Waals surface area contributed by atoms with E-state index in [1.54, 1.807) is 0 Å². The van der Waals surface area contributed by atoms with Gasteiger partial charge in [-0.15, -0.1) is 0 Å². The lowest BCUT2D eigenvalue weighted by atomic mass is 10.2. The van der Waals surface area contributed by atoms with E-state index in [1.807, 2.05) is 30.3 Å². The fourth-order valence-corrected chi connectivity index (χ4v) is 1.08. The van der Waals surface area contributed by atoms with Crippen molar-refractivity contribution in [3.8, 4) is 0 Å². The highest BCUT2D eigenvalue weighted by Gasteiger charge is 2.03. The molecule has 1 aromatic carbocycles. The number of alkyl carbamates (subject to hydrolysis) is 1. The number of hydrogen-bond donors (Lipinski definition) is 3. The minimum atomic E-state index is -1.44. The average molecular weight is 225 g/mol. The van der Waals surface area contributed by atoms with Gasteiger partial charge in [-0.2, -0.15) is 0 Å². The van der Waals surface area contributed by atoms with Gasteiger partial charge in [-0.25, -0.2) is 4.79 Å². The molecule has 1 aromatic rings. The number of rotatable bonds is 5. The molecule has 5 nitrogen and oxygen atoms in total. The van der Waals surface area contributed by atoms with Crippen LogP contribution in [0.4, 0.5) is 4.79 Å². The summed E-state index contributed by atoms with van der Waals surface area (Å²) < 4.78 is 4.70. The minimum Gasteiger partial charge on any atom is -0.449 e. The molecule has 0 fully saturated rings. The highest BCUT2D eigenvalue weighted by molar-refractivity contribution is 5.67. The summed E-state index contributed by atoms with van der Waals surface area (Å²) in [4.78, 5) is 11.1. The summed E-state index contributed by atoms with van der Waals surface area (Å²) in [6, 6.07) is 9.43. The van der Waals surface area contributed by atoms with Crippen LogP contribution in [0.25, 0.3) is 0 Å². The maximum absolute atomic E-state index is 11.1. The van der Waals surface area contributed by atoms with Gasteiger partial charge in [0.15, 0.2) is 6.29 Å². The van der Waals surface area contributed by atoms with Gasteiger partial charge in [-0.05, 0) is 5.56 Å². The molecule has 1 amide bonds. The van der Waals surface area contributed by atoms with Crippen molar-refractivity contribution < 1.29 is 19.7 Å². The minimum absolute atomic E-state index is 0.0127. The zero-order valence-corrected chi connectivity index (χ0v) is 8.80. The van der Waals surface area contributed by atoms with Crippen LogP contribution in [0.5, 0.6) is 0 Å². The first-order valence-corrected chi connectivity index (χ1v) is 4.99. The number of aliphatic hydroxyl groups is 2. The summed E-state index contributed by atoms with van der Waals surface area (Å²) in [7, 11) is 0. The molecule has 0 aliphatic heterocycles. The lowest BCUT2D eigenvalue weighted by molar-refractivity contribution is -0.0547. The van der Waals surface area contributed by atoms with Gasteiger partial charge in [0.25, 0.3) is 0 Å². The van der Waals surface area contributed by atoms with E-state index < -0.39 is 12.4 Å². The predicted molar refractivity (Wildman–Crippen MR) is 57.5 cm³/mol. The van der Waals surface area contributed by atoms with Gasteiger partial charge < -0.3 is 20.3 Å². The fraction of sp³-hybridized carbons (Fsp3) is 0.364. The number of aliphatic hydroxyl groups excluding tert-OH is 1. The van der Waals surface area contributed by atoms with E-state index in [0.717, 1.165) is 5.56 Å². The SMILES string of the molecule is O=C(NCc1ccccc1)OCCC(O)O. The quantitative estimate of drug-likeness (QED) is 0.642. The Kier molecular flexibility index (Phi) is 5.31. The Balaban J connectivity index is 2.16. The molecule has 0 spiro atoms. The summed E-state index contributed by atoms with van der Waals surface area (Å²) in [5.41, 5.74) is 0.974. The number of carbonyl (C=O) groups is 1. The molecule has 0 aromatic heterocycles. The van der Waals surface area contributed by atoms with Crippen molar-refractivity contribution in [1.29, 1.82) is 0 Å². The first-order chi connectivity index (χ1) is 7.68. The number of amides is 1. The molecular formula is C11H15NO4. The molecule has 0 aliphatic rings. The Bertz CT molecular complexity index is 313. The summed E-state index contributed by atoms with van der Waals surface area (Å²) in [6.45, 7) is 0.375. The molecule has 0 bridgehead atoms. The predicted octanol–water partition coefficient (Wildman–Crippen LogP) is 0.614. The molecule has 5 heteroatoms. The van der Waals surface area contributed by atoms with Crippen LogP contribution in [0.15, 0.2) is 30.3 Å².